The Morgan fingerprint density at radius 3 is 2.70 bits per heavy atom. The minimum absolute atomic E-state index is 0.0237. The van der Waals surface area contributed by atoms with Crippen molar-refractivity contribution >= 4 is 0 Å². The summed E-state index contributed by atoms with van der Waals surface area (Å²) in [4.78, 5) is 21.1. The molecule has 0 N–H and O–H groups in total. The molecule has 1 saturated carbocycles. The van der Waals surface area contributed by atoms with Crippen LogP contribution in [0.4, 0.5) is 0 Å². The summed E-state index contributed by atoms with van der Waals surface area (Å²) < 4.78 is 7.53. The van der Waals surface area contributed by atoms with Gasteiger partial charge in [0.25, 0.3) is 5.56 Å². The van der Waals surface area contributed by atoms with E-state index >= 15 is 0 Å². The maximum atomic E-state index is 12.8. The lowest BCUT2D eigenvalue weighted by Gasteiger charge is -2.19. The molecular formula is C25H25N3O2. The normalized spacial score (nSPS) is 13.9. The summed E-state index contributed by atoms with van der Waals surface area (Å²) in [7, 11) is 0. The highest BCUT2D eigenvalue weighted by Gasteiger charge is 2.17. The second-order valence-electron chi connectivity index (χ2n) is 7.79. The lowest BCUT2D eigenvalue weighted by atomic mass is 10.0. The van der Waals surface area contributed by atoms with E-state index in [1.54, 1.807) is 18.5 Å². The average molecular weight is 399 g/mol. The van der Waals surface area contributed by atoms with Crippen molar-refractivity contribution in [1.29, 1.82) is 0 Å². The fourth-order valence-electron chi connectivity index (χ4n) is 3.50. The Morgan fingerprint density at radius 2 is 1.97 bits per heavy atom. The van der Waals surface area contributed by atoms with Gasteiger partial charge in [-0.05, 0) is 62.9 Å². The van der Waals surface area contributed by atoms with E-state index in [1.807, 2.05) is 29.7 Å². The standard InChI is InChI=1S/C25H25N3O2/c1-18(13-22-6-3-5-21(15-22)10-9-20-7-8-20)28-19(2)14-23(16-25(28)29)30-17-24-26-11-4-12-27-24/h3-6,11-12,14-16,18,20H,7-8,13,17H2,1-2H3. The van der Waals surface area contributed by atoms with Gasteiger partial charge in [-0.3, -0.25) is 4.79 Å². The van der Waals surface area contributed by atoms with E-state index in [4.69, 9.17) is 4.74 Å². The molecule has 3 aromatic rings. The molecular weight excluding hydrogens is 374 g/mol. The van der Waals surface area contributed by atoms with Gasteiger partial charge in [-0.15, -0.1) is 0 Å². The van der Waals surface area contributed by atoms with Gasteiger partial charge in [0, 0.05) is 41.7 Å². The molecule has 1 unspecified atom stereocenters. The van der Waals surface area contributed by atoms with Crippen molar-refractivity contribution in [2.24, 2.45) is 5.92 Å². The Balaban J connectivity index is 1.46. The minimum Gasteiger partial charge on any atom is -0.485 e. The Hall–Kier alpha value is -3.39. The fourth-order valence-corrected chi connectivity index (χ4v) is 3.50. The first-order valence-electron chi connectivity index (χ1n) is 10.3. The predicted molar refractivity (Wildman–Crippen MR) is 116 cm³/mol. The van der Waals surface area contributed by atoms with Crippen molar-refractivity contribution in [3.63, 3.8) is 0 Å². The van der Waals surface area contributed by atoms with Crippen molar-refractivity contribution in [3.05, 3.63) is 87.9 Å². The Kier molecular flexibility index (Phi) is 5.94. The second kappa shape index (κ2) is 8.96. The lowest BCUT2D eigenvalue weighted by Crippen LogP contribution is -2.26. The molecule has 2 aromatic heterocycles. The molecule has 2 heterocycles. The molecule has 5 heteroatoms. The van der Waals surface area contributed by atoms with Gasteiger partial charge < -0.3 is 9.30 Å². The van der Waals surface area contributed by atoms with Crippen LogP contribution in [0.25, 0.3) is 0 Å². The molecule has 152 valence electrons. The van der Waals surface area contributed by atoms with Gasteiger partial charge in [-0.1, -0.05) is 24.0 Å². The number of hydrogen-bond donors (Lipinski definition) is 0. The molecule has 0 spiro atoms. The first kappa shape index (κ1) is 19.9. The van der Waals surface area contributed by atoms with Gasteiger partial charge in [-0.25, -0.2) is 9.97 Å². The van der Waals surface area contributed by atoms with Crippen LogP contribution >= 0.6 is 0 Å². The first-order valence-corrected chi connectivity index (χ1v) is 10.3. The third-order valence-corrected chi connectivity index (χ3v) is 5.12. The Morgan fingerprint density at radius 1 is 1.17 bits per heavy atom. The van der Waals surface area contributed by atoms with E-state index < -0.39 is 0 Å². The van der Waals surface area contributed by atoms with Crippen LogP contribution in [0.3, 0.4) is 0 Å². The van der Waals surface area contributed by atoms with E-state index in [1.165, 1.54) is 24.5 Å². The summed E-state index contributed by atoms with van der Waals surface area (Å²) >= 11 is 0. The van der Waals surface area contributed by atoms with E-state index in [0.29, 0.717) is 17.5 Å². The Bertz CT molecular complexity index is 1140. The molecule has 1 atom stereocenters. The first-order chi connectivity index (χ1) is 14.6. The van der Waals surface area contributed by atoms with Gasteiger partial charge in [-0.2, -0.15) is 0 Å². The van der Waals surface area contributed by atoms with Crippen LogP contribution in [0.15, 0.2) is 59.7 Å². The van der Waals surface area contributed by atoms with Gasteiger partial charge in [0.1, 0.15) is 12.4 Å². The number of aromatic nitrogens is 3. The average Bonchev–Trinajstić information content (AvgIpc) is 3.56. The quantitative estimate of drug-likeness (QED) is 0.586. The second-order valence-corrected chi connectivity index (χ2v) is 7.79. The van der Waals surface area contributed by atoms with E-state index in [2.05, 4.69) is 40.9 Å². The van der Waals surface area contributed by atoms with Crippen molar-refractivity contribution in [3.8, 4) is 17.6 Å². The number of ether oxygens (including phenoxy) is 1. The van der Waals surface area contributed by atoms with Crippen LogP contribution in [0, 0.1) is 24.7 Å². The largest absolute Gasteiger partial charge is 0.485 e. The molecule has 1 aliphatic rings. The summed E-state index contributed by atoms with van der Waals surface area (Å²) in [6.07, 6.45) is 6.55. The molecule has 1 aromatic carbocycles. The van der Waals surface area contributed by atoms with Gasteiger partial charge in [0.15, 0.2) is 5.82 Å². The van der Waals surface area contributed by atoms with E-state index in [0.717, 1.165) is 17.7 Å². The molecule has 5 nitrogen and oxygen atoms in total. The summed E-state index contributed by atoms with van der Waals surface area (Å²) in [6, 6.07) is 13.5. The molecule has 0 bridgehead atoms. The summed E-state index contributed by atoms with van der Waals surface area (Å²) in [6.45, 7) is 4.23. The van der Waals surface area contributed by atoms with Crippen LogP contribution in [0.2, 0.25) is 0 Å². The van der Waals surface area contributed by atoms with Crippen LogP contribution in [-0.2, 0) is 13.0 Å². The van der Waals surface area contributed by atoms with Crippen LogP contribution < -0.4 is 10.3 Å². The van der Waals surface area contributed by atoms with Crippen molar-refractivity contribution in [2.45, 2.75) is 45.8 Å². The molecule has 30 heavy (non-hydrogen) atoms. The number of benzene rings is 1. The number of hydrogen-bond acceptors (Lipinski definition) is 4. The lowest BCUT2D eigenvalue weighted by molar-refractivity contribution is 0.293. The molecule has 1 fully saturated rings. The van der Waals surface area contributed by atoms with Crippen LogP contribution in [0.1, 0.15) is 48.5 Å². The summed E-state index contributed by atoms with van der Waals surface area (Å²) in [5, 5.41) is 0. The predicted octanol–water partition coefficient (Wildman–Crippen LogP) is 4.09. The van der Waals surface area contributed by atoms with Gasteiger partial charge in [0.05, 0.1) is 0 Å². The molecule has 0 radical (unpaired) electrons. The topological polar surface area (TPSA) is 57.0 Å². The molecule has 0 aliphatic heterocycles. The fraction of sp³-hybridized carbons (Fsp3) is 0.320. The number of rotatable bonds is 6. The zero-order valence-corrected chi connectivity index (χ0v) is 17.3. The third-order valence-electron chi connectivity index (χ3n) is 5.12. The third kappa shape index (κ3) is 5.15. The summed E-state index contributed by atoms with van der Waals surface area (Å²) in [5.74, 6) is 8.28. The zero-order valence-electron chi connectivity index (χ0n) is 17.3. The monoisotopic (exact) mass is 399 g/mol. The SMILES string of the molecule is Cc1cc(OCc2ncccn2)cc(=O)n1C(C)Cc1cccc(C#CC2CC2)c1. The zero-order chi connectivity index (χ0) is 20.9. The van der Waals surface area contributed by atoms with E-state index in [-0.39, 0.29) is 18.2 Å². The van der Waals surface area contributed by atoms with Crippen LogP contribution in [-0.4, -0.2) is 14.5 Å². The molecule has 1 aliphatic carbocycles. The van der Waals surface area contributed by atoms with Crippen molar-refractivity contribution < 1.29 is 4.74 Å². The molecule has 4 rings (SSSR count). The van der Waals surface area contributed by atoms with Gasteiger partial charge >= 0.3 is 0 Å². The summed E-state index contributed by atoms with van der Waals surface area (Å²) in [5.41, 5.74) is 3.01. The maximum absolute atomic E-state index is 12.8. The van der Waals surface area contributed by atoms with Crippen LogP contribution in [0.5, 0.6) is 5.75 Å². The number of pyridine rings is 1. The number of nitrogens with zero attached hydrogens (tertiary/aromatic N) is 3. The highest BCUT2D eigenvalue weighted by Crippen LogP contribution is 2.27. The molecule has 0 amide bonds. The maximum Gasteiger partial charge on any atom is 0.254 e. The van der Waals surface area contributed by atoms with Crippen molar-refractivity contribution in [1.82, 2.24) is 14.5 Å². The van der Waals surface area contributed by atoms with Crippen molar-refractivity contribution in [2.75, 3.05) is 0 Å². The highest BCUT2D eigenvalue weighted by molar-refractivity contribution is 5.38. The molecule has 0 saturated heterocycles. The number of aryl methyl sites for hydroxylation is 1. The minimum atomic E-state index is -0.0730. The van der Waals surface area contributed by atoms with E-state index in [9.17, 15) is 4.79 Å². The smallest absolute Gasteiger partial charge is 0.254 e. The Labute approximate surface area is 176 Å². The highest BCUT2D eigenvalue weighted by atomic mass is 16.5. The van der Waals surface area contributed by atoms with Gasteiger partial charge in [0.2, 0.25) is 0 Å².